The van der Waals surface area contributed by atoms with Gasteiger partial charge in [-0.1, -0.05) is 45.7 Å². The van der Waals surface area contributed by atoms with Gasteiger partial charge in [-0.25, -0.2) is 0 Å². The maximum absolute atomic E-state index is 6.25. The summed E-state index contributed by atoms with van der Waals surface area (Å²) in [6, 6.07) is 13.1. The summed E-state index contributed by atoms with van der Waals surface area (Å²) in [7, 11) is 1.64. The summed E-state index contributed by atoms with van der Waals surface area (Å²) in [6.07, 6.45) is 0. The molecule has 0 aliphatic rings. The van der Waals surface area contributed by atoms with Gasteiger partial charge in [-0.3, -0.25) is 0 Å². The molecule has 0 aliphatic heterocycles. The van der Waals surface area contributed by atoms with E-state index < -0.39 is 0 Å². The van der Waals surface area contributed by atoms with Crippen molar-refractivity contribution in [3.63, 3.8) is 0 Å². The van der Waals surface area contributed by atoms with E-state index in [1.165, 1.54) is 0 Å². The summed E-state index contributed by atoms with van der Waals surface area (Å²) in [5.41, 5.74) is 8.23. The lowest BCUT2D eigenvalue weighted by molar-refractivity contribution is 0.414. The molecule has 0 saturated heterocycles. The first kappa shape index (κ1) is 13.4. The Bertz CT molecular complexity index is 559. The van der Waals surface area contributed by atoms with Crippen LogP contribution < -0.4 is 10.5 Å². The molecule has 2 nitrogen and oxygen atoms in total. The second-order valence-corrected chi connectivity index (χ2v) is 5.21. The van der Waals surface area contributed by atoms with Crippen LogP contribution in [0.5, 0.6) is 5.75 Å². The molecule has 2 N–H and O–H groups in total. The van der Waals surface area contributed by atoms with Gasteiger partial charge in [0, 0.05) is 9.50 Å². The van der Waals surface area contributed by atoms with Gasteiger partial charge in [0.05, 0.1) is 13.2 Å². The highest BCUT2D eigenvalue weighted by atomic mass is 79.9. The number of halogens is 2. The van der Waals surface area contributed by atoms with Crippen LogP contribution in [0.2, 0.25) is 5.02 Å². The molecule has 0 fully saturated rings. The molecule has 2 aromatic carbocycles. The average Bonchev–Trinajstić information content (AvgIpc) is 2.37. The fraction of sp³-hybridized carbons (Fsp3) is 0.143. The van der Waals surface area contributed by atoms with Crippen molar-refractivity contribution in [3.05, 3.63) is 63.1 Å². The van der Waals surface area contributed by atoms with Crippen LogP contribution in [0.3, 0.4) is 0 Å². The SMILES string of the molecule is COc1ccc(C(N)c2cccc(Cl)c2)c(Br)c1. The molecule has 1 unspecified atom stereocenters. The summed E-state index contributed by atoms with van der Waals surface area (Å²) >= 11 is 9.49. The van der Waals surface area contributed by atoms with Gasteiger partial charge in [0.15, 0.2) is 0 Å². The predicted octanol–water partition coefficient (Wildman–Crippen LogP) is 4.16. The van der Waals surface area contributed by atoms with Gasteiger partial charge in [-0.2, -0.15) is 0 Å². The molecule has 0 aliphatic carbocycles. The largest absolute Gasteiger partial charge is 0.497 e. The minimum Gasteiger partial charge on any atom is -0.497 e. The number of benzene rings is 2. The zero-order valence-corrected chi connectivity index (χ0v) is 12.2. The summed E-state index contributed by atoms with van der Waals surface area (Å²) in [5.74, 6) is 0.795. The number of hydrogen-bond acceptors (Lipinski definition) is 2. The van der Waals surface area contributed by atoms with Crippen molar-refractivity contribution < 1.29 is 4.74 Å². The molecule has 0 radical (unpaired) electrons. The van der Waals surface area contributed by atoms with Crippen molar-refractivity contribution in [1.82, 2.24) is 0 Å². The molecule has 0 saturated carbocycles. The predicted molar refractivity (Wildman–Crippen MR) is 78.2 cm³/mol. The highest BCUT2D eigenvalue weighted by molar-refractivity contribution is 9.10. The second kappa shape index (κ2) is 5.74. The van der Waals surface area contributed by atoms with Crippen LogP contribution in [0.15, 0.2) is 46.9 Å². The Morgan fingerprint density at radius 3 is 2.61 bits per heavy atom. The van der Waals surface area contributed by atoms with Crippen molar-refractivity contribution >= 4 is 27.5 Å². The van der Waals surface area contributed by atoms with Crippen LogP contribution >= 0.6 is 27.5 Å². The third kappa shape index (κ3) is 2.86. The number of methoxy groups -OCH3 is 1. The van der Waals surface area contributed by atoms with Crippen LogP contribution in [-0.4, -0.2) is 7.11 Å². The average molecular weight is 327 g/mol. The number of nitrogens with two attached hydrogens (primary N) is 1. The van der Waals surface area contributed by atoms with Crippen LogP contribution in [0, 0.1) is 0 Å². The van der Waals surface area contributed by atoms with E-state index in [0.717, 1.165) is 21.3 Å². The molecule has 0 heterocycles. The van der Waals surface area contributed by atoms with E-state index in [2.05, 4.69) is 15.9 Å². The molecule has 0 amide bonds. The van der Waals surface area contributed by atoms with E-state index in [4.69, 9.17) is 22.1 Å². The smallest absolute Gasteiger partial charge is 0.120 e. The van der Waals surface area contributed by atoms with E-state index in [0.29, 0.717) is 5.02 Å². The van der Waals surface area contributed by atoms with Crippen molar-refractivity contribution in [2.24, 2.45) is 5.73 Å². The summed E-state index contributed by atoms with van der Waals surface area (Å²) in [5, 5.41) is 0.688. The van der Waals surface area contributed by atoms with Crippen LogP contribution in [0.1, 0.15) is 17.2 Å². The van der Waals surface area contributed by atoms with Crippen molar-refractivity contribution in [2.45, 2.75) is 6.04 Å². The van der Waals surface area contributed by atoms with Gasteiger partial charge in [0.1, 0.15) is 5.75 Å². The van der Waals surface area contributed by atoms with E-state index in [1.54, 1.807) is 7.11 Å². The number of hydrogen-bond donors (Lipinski definition) is 1. The summed E-state index contributed by atoms with van der Waals surface area (Å²) in [6.45, 7) is 0. The molecule has 1 atom stereocenters. The van der Waals surface area contributed by atoms with Gasteiger partial charge in [0.25, 0.3) is 0 Å². The van der Waals surface area contributed by atoms with E-state index in [1.807, 2.05) is 42.5 Å². The van der Waals surface area contributed by atoms with Gasteiger partial charge in [-0.05, 0) is 35.4 Å². The molecule has 94 valence electrons. The maximum atomic E-state index is 6.25. The first-order chi connectivity index (χ1) is 8.61. The van der Waals surface area contributed by atoms with Crippen LogP contribution in [0.4, 0.5) is 0 Å². The minimum absolute atomic E-state index is 0.219. The quantitative estimate of drug-likeness (QED) is 0.919. The lowest BCUT2D eigenvalue weighted by Crippen LogP contribution is -2.12. The Labute approximate surface area is 120 Å². The molecule has 2 aromatic rings. The molecule has 0 bridgehead atoms. The summed E-state index contributed by atoms with van der Waals surface area (Å²) < 4.78 is 6.09. The summed E-state index contributed by atoms with van der Waals surface area (Å²) in [4.78, 5) is 0. The van der Waals surface area contributed by atoms with Gasteiger partial charge in [-0.15, -0.1) is 0 Å². The van der Waals surface area contributed by atoms with E-state index >= 15 is 0 Å². The first-order valence-electron chi connectivity index (χ1n) is 5.46. The Morgan fingerprint density at radius 2 is 2.00 bits per heavy atom. The van der Waals surface area contributed by atoms with Gasteiger partial charge >= 0.3 is 0 Å². The number of ether oxygens (including phenoxy) is 1. The zero-order chi connectivity index (χ0) is 13.1. The molecule has 0 aromatic heterocycles. The number of rotatable bonds is 3. The Morgan fingerprint density at radius 1 is 1.22 bits per heavy atom. The molecule has 4 heteroatoms. The third-order valence-corrected chi connectivity index (χ3v) is 3.67. The van der Waals surface area contributed by atoms with Crippen LogP contribution in [-0.2, 0) is 0 Å². The monoisotopic (exact) mass is 325 g/mol. The first-order valence-corrected chi connectivity index (χ1v) is 6.63. The van der Waals surface area contributed by atoms with Crippen molar-refractivity contribution in [3.8, 4) is 5.75 Å². The fourth-order valence-electron chi connectivity index (χ4n) is 1.77. The van der Waals surface area contributed by atoms with E-state index in [9.17, 15) is 0 Å². The molecule has 18 heavy (non-hydrogen) atoms. The fourth-order valence-corrected chi connectivity index (χ4v) is 2.57. The molecular formula is C14H13BrClNO. The lowest BCUT2D eigenvalue weighted by atomic mass is 10.00. The molecule has 2 rings (SSSR count). The Kier molecular flexibility index (Phi) is 4.27. The standard InChI is InChI=1S/C14H13BrClNO/c1-18-11-5-6-12(13(15)8-11)14(17)9-3-2-4-10(16)7-9/h2-8,14H,17H2,1H3. The Balaban J connectivity index is 2.37. The molecular weight excluding hydrogens is 314 g/mol. The van der Waals surface area contributed by atoms with Crippen molar-refractivity contribution in [1.29, 1.82) is 0 Å². The third-order valence-electron chi connectivity index (χ3n) is 2.75. The zero-order valence-electron chi connectivity index (χ0n) is 9.86. The maximum Gasteiger partial charge on any atom is 0.120 e. The molecule has 0 spiro atoms. The van der Waals surface area contributed by atoms with Gasteiger partial charge in [0.2, 0.25) is 0 Å². The van der Waals surface area contributed by atoms with Crippen molar-refractivity contribution in [2.75, 3.05) is 7.11 Å². The normalized spacial score (nSPS) is 12.2. The van der Waals surface area contributed by atoms with Crippen LogP contribution in [0.25, 0.3) is 0 Å². The Hall–Kier alpha value is -1.03. The van der Waals surface area contributed by atoms with Gasteiger partial charge < -0.3 is 10.5 Å². The topological polar surface area (TPSA) is 35.2 Å². The highest BCUT2D eigenvalue weighted by Gasteiger charge is 2.13. The second-order valence-electron chi connectivity index (χ2n) is 3.92. The minimum atomic E-state index is -0.219. The van der Waals surface area contributed by atoms with E-state index in [-0.39, 0.29) is 6.04 Å². The lowest BCUT2D eigenvalue weighted by Gasteiger charge is -2.15. The highest BCUT2D eigenvalue weighted by Crippen LogP contribution is 2.30.